The molecule has 1 aliphatic heterocycles. The van der Waals surface area contributed by atoms with Crippen LogP contribution in [0.2, 0.25) is 0 Å². The molecule has 0 atom stereocenters. The lowest BCUT2D eigenvalue weighted by Gasteiger charge is -2.40. The van der Waals surface area contributed by atoms with Gasteiger partial charge >= 0.3 is 5.97 Å². The lowest BCUT2D eigenvalue weighted by molar-refractivity contribution is -0.135. The van der Waals surface area contributed by atoms with E-state index < -0.39 is 11.5 Å². The summed E-state index contributed by atoms with van der Waals surface area (Å²) in [6, 6.07) is 4.90. The molecule has 1 aliphatic rings. The Morgan fingerprint density at radius 3 is 2.95 bits per heavy atom. The standard InChI is InChI=1S/C13H17N3O3/c1-13(2)12(19)14-6-7-16(13)8-9-4-3-5-10(15-9)11(17)18/h3-5H,6-8H2,1-2H3,(H,14,19)(H,17,18). The molecule has 102 valence electrons. The van der Waals surface area contributed by atoms with Crippen LogP contribution in [0.1, 0.15) is 30.0 Å². The third-order valence-corrected chi connectivity index (χ3v) is 3.39. The fourth-order valence-electron chi connectivity index (χ4n) is 2.10. The Hall–Kier alpha value is -1.95. The van der Waals surface area contributed by atoms with Crippen molar-refractivity contribution in [2.75, 3.05) is 13.1 Å². The fourth-order valence-corrected chi connectivity index (χ4v) is 2.10. The highest BCUT2D eigenvalue weighted by atomic mass is 16.4. The Labute approximate surface area is 111 Å². The van der Waals surface area contributed by atoms with Crippen molar-refractivity contribution in [3.63, 3.8) is 0 Å². The molecule has 1 aromatic heterocycles. The van der Waals surface area contributed by atoms with Crippen molar-refractivity contribution in [2.45, 2.75) is 25.9 Å². The second-order valence-electron chi connectivity index (χ2n) is 5.06. The van der Waals surface area contributed by atoms with E-state index in [-0.39, 0.29) is 11.6 Å². The van der Waals surface area contributed by atoms with Crippen LogP contribution in [-0.4, -0.2) is 45.5 Å². The zero-order valence-corrected chi connectivity index (χ0v) is 11.0. The van der Waals surface area contributed by atoms with Crippen LogP contribution in [0.5, 0.6) is 0 Å². The first-order valence-corrected chi connectivity index (χ1v) is 6.14. The van der Waals surface area contributed by atoms with Gasteiger partial charge < -0.3 is 10.4 Å². The van der Waals surface area contributed by atoms with Crippen LogP contribution in [0.15, 0.2) is 18.2 Å². The molecule has 0 bridgehead atoms. The molecular weight excluding hydrogens is 246 g/mol. The minimum Gasteiger partial charge on any atom is -0.477 e. The lowest BCUT2D eigenvalue weighted by Crippen LogP contribution is -2.61. The van der Waals surface area contributed by atoms with E-state index >= 15 is 0 Å². The molecular formula is C13H17N3O3. The smallest absolute Gasteiger partial charge is 0.354 e. The van der Waals surface area contributed by atoms with Crippen molar-refractivity contribution in [1.82, 2.24) is 15.2 Å². The molecule has 0 radical (unpaired) electrons. The van der Waals surface area contributed by atoms with Gasteiger partial charge in [0.15, 0.2) is 0 Å². The van der Waals surface area contributed by atoms with E-state index in [0.29, 0.717) is 18.8 Å². The van der Waals surface area contributed by atoms with Gasteiger partial charge in [0.1, 0.15) is 5.69 Å². The number of nitrogens with zero attached hydrogens (tertiary/aromatic N) is 2. The normalized spacial score (nSPS) is 18.9. The minimum atomic E-state index is -1.04. The Balaban J connectivity index is 2.18. The highest BCUT2D eigenvalue weighted by molar-refractivity contribution is 5.86. The molecule has 1 saturated heterocycles. The summed E-state index contributed by atoms with van der Waals surface area (Å²) < 4.78 is 0. The number of aromatic carboxylic acids is 1. The van der Waals surface area contributed by atoms with Crippen LogP contribution in [0.3, 0.4) is 0 Å². The topological polar surface area (TPSA) is 82.5 Å². The summed E-state index contributed by atoms with van der Waals surface area (Å²) in [7, 11) is 0. The van der Waals surface area contributed by atoms with Crippen molar-refractivity contribution in [3.8, 4) is 0 Å². The molecule has 19 heavy (non-hydrogen) atoms. The Morgan fingerprint density at radius 1 is 1.53 bits per heavy atom. The zero-order chi connectivity index (χ0) is 14.0. The van der Waals surface area contributed by atoms with Crippen LogP contribution in [0.25, 0.3) is 0 Å². The van der Waals surface area contributed by atoms with Gasteiger partial charge in [-0.05, 0) is 26.0 Å². The van der Waals surface area contributed by atoms with Gasteiger partial charge in [0.05, 0.1) is 11.2 Å². The summed E-state index contributed by atoms with van der Waals surface area (Å²) in [6.45, 7) is 5.48. The van der Waals surface area contributed by atoms with Crippen LogP contribution in [0, 0.1) is 0 Å². The fraction of sp³-hybridized carbons (Fsp3) is 0.462. The van der Waals surface area contributed by atoms with E-state index in [1.165, 1.54) is 6.07 Å². The van der Waals surface area contributed by atoms with Gasteiger partial charge in [-0.3, -0.25) is 9.69 Å². The molecule has 0 aromatic carbocycles. The predicted molar refractivity (Wildman–Crippen MR) is 68.7 cm³/mol. The number of carbonyl (C=O) groups excluding carboxylic acids is 1. The summed E-state index contributed by atoms with van der Waals surface area (Å²) in [5, 5.41) is 11.7. The second-order valence-corrected chi connectivity index (χ2v) is 5.06. The van der Waals surface area contributed by atoms with Crippen LogP contribution in [0.4, 0.5) is 0 Å². The van der Waals surface area contributed by atoms with Gasteiger partial charge in [-0.25, -0.2) is 9.78 Å². The zero-order valence-electron chi connectivity index (χ0n) is 11.0. The number of amides is 1. The summed E-state index contributed by atoms with van der Waals surface area (Å²) in [5.41, 5.74) is 0.0681. The number of hydrogen-bond acceptors (Lipinski definition) is 4. The number of carboxylic acids is 1. The highest BCUT2D eigenvalue weighted by Gasteiger charge is 2.37. The van der Waals surface area contributed by atoms with Gasteiger partial charge in [-0.1, -0.05) is 6.07 Å². The van der Waals surface area contributed by atoms with Gasteiger partial charge in [0, 0.05) is 19.6 Å². The number of rotatable bonds is 3. The summed E-state index contributed by atoms with van der Waals surface area (Å²) >= 11 is 0. The predicted octanol–water partition coefficient (Wildman–Crippen LogP) is 0.490. The average Bonchev–Trinajstić information content (AvgIpc) is 2.36. The first kappa shape index (κ1) is 13.5. The Morgan fingerprint density at radius 2 is 2.26 bits per heavy atom. The largest absolute Gasteiger partial charge is 0.477 e. The van der Waals surface area contributed by atoms with E-state index in [4.69, 9.17) is 5.11 Å². The van der Waals surface area contributed by atoms with Gasteiger partial charge in [0.25, 0.3) is 0 Å². The number of nitrogens with one attached hydrogen (secondary N) is 1. The molecule has 2 N–H and O–H groups in total. The van der Waals surface area contributed by atoms with E-state index in [1.54, 1.807) is 12.1 Å². The Bertz CT molecular complexity index is 514. The van der Waals surface area contributed by atoms with E-state index in [9.17, 15) is 9.59 Å². The van der Waals surface area contributed by atoms with Gasteiger partial charge in [0.2, 0.25) is 5.91 Å². The number of piperazine rings is 1. The third kappa shape index (κ3) is 2.73. The number of carbonyl (C=O) groups is 2. The van der Waals surface area contributed by atoms with E-state index in [0.717, 1.165) is 6.54 Å². The van der Waals surface area contributed by atoms with Crippen molar-refractivity contribution in [1.29, 1.82) is 0 Å². The van der Waals surface area contributed by atoms with Crippen LogP contribution >= 0.6 is 0 Å². The molecule has 2 rings (SSSR count). The van der Waals surface area contributed by atoms with Crippen LogP contribution in [-0.2, 0) is 11.3 Å². The summed E-state index contributed by atoms with van der Waals surface area (Å²) in [6.07, 6.45) is 0. The maximum Gasteiger partial charge on any atom is 0.354 e. The first-order chi connectivity index (χ1) is 8.91. The maximum absolute atomic E-state index is 11.8. The van der Waals surface area contributed by atoms with E-state index in [1.807, 2.05) is 18.7 Å². The van der Waals surface area contributed by atoms with Gasteiger partial charge in [-0.15, -0.1) is 0 Å². The molecule has 6 heteroatoms. The second kappa shape index (κ2) is 4.97. The SMILES string of the molecule is CC1(C)C(=O)NCCN1Cc1cccc(C(=O)O)n1. The van der Waals surface area contributed by atoms with Crippen LogP contribution < -0.4 is 5.32 Å². The van der Waals surface area contributed by atoms with Crippen molar-refractivity contribution in [2.24, 2.45) is 0 Å². The lowest BCUT2D eigenvalue weighted by atomic mass is 9.98. The number of aromatic nitrogens is 1. The molecule has 0 spiro atoms. The number of hydrogen-bond donors (Lipinski definition) is 2. The molecule has 2 heterocycles. The van der Waals surface area contributed by atoms with Crippen molar-refractivity contribution >= 4 is 11.9 Å². The third-order valence-electron chi connectivity index (χ3n) is 3.39. The average molecular weight is 263 g/mol. The quantitative estimate of drug-likeness (QED) is 0.829. The monoisotopic (exact) mass is 263 g/mol. The number of carboxylic acid groups (broad SMARTS) is 1. The first-order valence-electron chi connectivity index (χ1n) is 6.14. The van der Waals surface area contributed by atoms with Crippen molar-refractivity contribution < 1.29 is 14.7 Å². The summed E-state index contributed by atoms with van der Waals surface area (Å²) in [4.78, 5) is 28.8. The van der Waals surface area contributed by atoms with Crippen molar-refractivity contribution in [3.05, 3.63) is 29.6 Å². The molecule has 0 unspecified atom stereocenters. The summed E-state index contributed by atoms with van der Waals surface area (Å²) in [5.74, 6) is -1.06. The van der Waals surface area contributed by atoms with E-state index in [2.05, 4.69) is 10.3 Å². The molecule has 1 aromatic rings. The molecule has 0 aliphatic carbocycles. The van der Waals surface area contributed by atoms with Gasteiger partial charge in [-0.2, -0.15) is 0 Å². The molecule has 1 amide bonds. The molecule has 1 fully saturated rings. The maximum atomic E-state index is 11.8. The Kier molecular flexibility index (Phi) is 3.53. The highest BCUT2D eigenvalue weighted by Crippen LogP contribution is 2.19. The molecule has 0 saturated carbocycles. The minimum absolute atomic E-state index is 0.0202. The number of pyridine rings is 1. The molecule has 6 nitrogen and oxygen atoms in total.